The zero-order valence-corrected chi connectivity index (χ0v) is 13.7. The largest absolute Gasteiger partial charge is 0.350 e. The number of hydrogen-bond acceptors (Lipinski definition) is 6. The van der Waals surface area contributed by atoms with Crippen LogP contribution in [-0.2, 0) is 11.3 Å². The molecule has 0 aliphatic rings. The summed E-state index contributed by atoms with van der Waals surface area (Å²) >= 11 is 4.72. The van der Waals surface area contributed by atoms with Crippen LogP contribution in [0.25, 0.3) is 10.2 Å². The third-order valence-electron chi connectivity index (χ3n) is 2.89. The average molecular weight is 335 g/mol. The number of carbonyl (C=O) groups is 1. The van der Waals surface area contributed by atoms with Gasteiger partial charge in [0.15, 0.2) is 0 Å². The van der Waals surface area contributed by atoms with Gasteiger partial charge >= 0.3 is 0 Å². The zero-order valence-electron chi connectivity index (χ0n) is 11.3. The number of nitrogens with zero attached hydrogens (tertiary/aromatic N) is 2. The minimum atomic E-state index is -0.190. The second-order valence-corrected chi connectivity index (χ2v) is 7.65. The molecule has 3 aromatic heterocycles. The van der Waals surface area contributed by atoms with E-state index in [-0.39, 0.29) is 11.2 Å². The number of amides is 1. The predicted octanol–water partition coefficient (Wildman–Crippen LogP) is 3.55. The van der Waals surface area contributed by atoms with Gasteiger partial charge in [-0.3, -0.25) is 4.79 Å². The highest BCUT2D eigenvalue weighted by atomic mass is 32.2. The van der Waals surface area contributed by atoms with Gasteiger partial charge in [0, 0.05) is 4.88 Å². The molecule has 0 aromatic carbocycles. The summed E-state index contributed by atoms with van der Waals surface area (Å²) in [7, 11) is 0. The van der Waals surface area contributed by atoms with Gasteiger partial charge in [-0.05, 0) is 29.8 Å². The topological polar surface area (TPSA) is 54.9 Å². The fourth-order valence-corrected chi connectivity index (χ4v) is 4.31. The van der Waals surface area contributed by atoms with Crippen molar-refractivity contribution < 1.29 is 4.79 Å². The van der Waals surface area contributed by atoms with E-state index in [1.165, 1.54) is 11.8 Å². The zero-order chi connectivity index (χ0) is 14.7. The maximum Gasteiger partial charge on any atom is 0.233 e. The summed E-state index contributed by atoms with van der Waals surface area (Å²) in [6, 6.07) is 5.97. The molecule has 108 valence electrons. The Kier molecular flexibility index (Phi) is 4.52. The van der Waals surface area contributed by atoms with Crippen LogP contribution in [0.1, 0.15) is 11.8 Å². The SMILES string of the molecule is C[C@@H](Sc1ncnc2ccsc12)C(=O)NCc1cccs1. The monoisotopic (exact) mass is 335 g/mol. The molecule has 0 aliphatic carbocycles. The molecule has 0 saturated heterocycles. The molecule has 3 rings (SSSR count). The van der Waals surface area contributed by atoms with Crippen LogP contribution in [0.4, 0.5) is 0 Å². The Bertz CT molecular complexity index is 739. The van der Waals surface area contributed by atoms with Crippen LogP contribution in [0.3, 0.4) is 0 Å². The highest BCUT2D eigenvalue weighted by Crippen LogP contribution is 2.31. The molecule has 0 bridgehead atoms. The molecule has 21 heavy (non-hydrogen) atoms. The number of carbonyl (C=O) groups excluding carboxylic acids is 1. The van der Waals surface area contributed by atoms with Crippen LogP contribution in [0.15, 0.2) is 40.3 Å². The Labute approximate surface area is 134 Å². The van der Waals surface area contributed by atoms with Gasteiger partial charge in [-0.25, -0.2) is 9.97 Å². The number of nitrogens with one attached hydrogen (secondary N) is 1. The minimum Gasteiger partial charge on any atom is -0.350 e. The number of thioether (sulfide) groups is 1. The second kappa shape index (κ2) is 6.55. The molecular weight excluding hydrogens is 322 g/mol. The first kappa shape index (κ1) is 14.5. The van der Waals surface area contributed by atoms with Crippen molar-refractivity contribution in [2.45, 2.75) is 23.7 Å². The minimum absolute atomic E-state index is 0.0247. The van der Waals surface area contributed by atoms with Crippen molar-refractivity contribution in [3.8, 4) is 0 Å². The maximum absolute atomic E-state index is 12.1. The lowest BCUT2D eigenvalue weighted by Gasteiger charge is -2.11. The summed E-state index contributed by atoms with van der Waals surface area (Å²) in [5, 5.41) is 7.64. The molecular formula is C14H13N3OS3. The van der Waals surface area contributed by atoms with Crippen molar-refractivity contribution in [1.29, 1.82) is 0 Å². The average Bonchev–Trinajstić information content (AvgIpc) is 3.16. The smallest absolute Gasteiger partial charge is 0.233 e. The molecule has 0 aliphatic heterocycles. The lowest BCUT2D eigenvalue weighted by Crippen LogP contribution is -2.30. The number of thiophene rings is 2. The first-order valence-electron chi connectivity index (χ1n) is 6.39. The van der Waals surface area contributed by atoms with E-state index in [0.717, 1.165) is 20.1 Å². The van der Waals surface area contributed by atoms with Crippen LogP contribution < -0.4 is 5.32 Å². The highest BCUT2D eigenvalue weighted by Gasteiger charge is 2.17. The standard InChI is InChI=1S/C14H13N3OS3/c1-9(13(18)15-7-10-3-2-5-19-10)21-14-12-11(4-6-20-12)16-8-17-14/h2-6,8-9H,7H2,1H3,(H,15,18)/t9-/m1/s1. The summed E-state index contributed by atoms with van der Waals surface area (Å²) in [6.45, 7) is 2.48. The van der Waals surface area contributed by atoms with Crippen molar-refractivity contribution in [2.75, 3.05) is 0 Å². The lowest BCUT2D eigenvalue weighted by atomic mass is 10.4. The van der Waals surface area contributed by atoms with Crippen LogP contribution in [-0.4, -0.2) is 21.1 Å². The van der Waals surface area contributed by atoms with Gasteiger partial charge < -0.3 is 5.32 Å². The van der Waals surface area contributed by atoms with E-state index >= 15 is 0 Å². The fraction of sp³-hybridized carbons (Fsp3) is 0.214. The van der Waals surface area contributed by atoms with Gasteiger partial charge in [-0.1, -0.05) is 17.8 Å². The molecule has 0 radical (unpaired) electrons. The van der Waals surface area contributed by atoms with E-state index in [0.29, 0.717) is 6.54 Å². The molecule has 3 heterocycles. The molecule has 0 unspecified atom stereocenters. The van der Waals surface area contributed by atoms with E-state index in [2.05, 4.69) is 15.3 Å². The van der Waals surface area contributed by atoms with Crippen molar-refractivity contribution in [2.24, 2.45) is 0 Å². The number of hydrogen-bond donors (Lipinski definition) is 1. The molecule has 7 heteroatoms. The Hall–Kier alpha value is -1.44. The van der Waals surface area contributed by atoms with Crippen LogP contribution in [0, 0.1) is 0 Å². The van der Waals surface area contributed by atoms with E-state index in [9.17, 15) is 4.79 Å². The van der Waals surface area contributed by atoms with Crippen molar-refractivity contribution in [3.63, 3.8) is 0 Å². The molecule has 0 spiro atoms. The highest BCUT2D eigenvalue weighted by molar-refractivity contribution is 8.00. The van der Waals surface area contributed by atoms with Gasteiger partial charge in [0.25, 0.3) is 0 Å². The second-order valence-electron chi connectivity index (χ2n) is 4.37. The molecule has 1 atom stereocenters. The van der Waals surface area contributed by atoms with Gasteiger partial charge in [0.1, 0.15) is 11.4 Å². The Morgan fingerprint density at radius 2 is 2.24 bits per heavy atom. The molecule has 1 amide bonds. The molecule has 1 N–H and O–H groups in total. The van der Waals surface area contributed by atoms with Crippen LogP contribution in [0.5, 0.6) is 0 Å². The van der Waals surface area contributed by atoms with Gasteiger partial charge in [0.2, 0.25) is 5.91 Å². The third kappa shape index (κ3) is 3.42. The molecule has 0 saturated carbocycles. The summed E-state index contributed by atoms with van der Waals surface area (Å²) in [4.78, 5) is 21.8. The Morgan fingerprint density at radius 3 is 3.05 bits per heavy atom. The first-order chi connectivity index (χ1) is 10.2. The van der Waals surface area contributed by atoms with Crippen molar-refractivity contribution in [1.82, 2.24) is 15.3 Å². The summed E-state index contributed by atoms with van der Waals surface area (Å²) in [5.41, 5.74) is 0.934. The summed E-state index contributed by atoms with van der Waals surface area (Å²) < 4.78 is 1.04. The third-order valence-corrected chi connectivity index (χ3v) is 5.90. The van der Waals surface area contributed by atoms with Crippen LogP contribution in [0.2, 0.25) is 0 Å². The Morgan fingerprint density at radius 1 is 1.33 bits per heavy atom. The van der Waals surface area contributed by atoms with Crippen molar-refractivity contribution in [3.05, 3.63) is 40.2 Å². The normalized spacial score (nSPS) is 12.4. The van der Waals surface area contributed by atoms with Gasteiger partial charge in [-0.2, -0.15) is 0 Å². The van der Waals surface area contributed by atoms with E-state index < -0.39 is 0 Å². The van der Waals surface area contributed by atoms with E-state index in [1.807, 2.05) is 35.9 Å². The van der Waals surface area contributed by atoms with Gasteiger partial charge in [-0.15, -0.1) is 22.7 Å². The number of rotatable bonds is 5. The Balaban J connectivity index is 1.64. The maximum atomic E-state index is 12.1. The number of aromatic nitrogens is 2. The summed E-state index contributed by atoms with van der Waals surface area (Å²) in [5.74, 6) is 0.0247. The number of fused-ring (bicyclic) bond motifs is 1. The molecule has 0 fully saturated rings. The van der Waals surface area contributed by atoms with E-state index in [1.54, 1.807) is 29.0 Å². The fourth-order valence-electron chi connectivity index (χ4n) is 1.80. The van der Waals surface area contributed by atoms with E-state index in [4.69, 9.17) is 0 Å². The van der Waals surface area contributed by atoms with Crippen molar-refractivity contribution >= 4 is 50.6 Å². The molecule has 3 aromatic rings. The lowest BCUT2D eigenvalue weighted by molar-refractivity contribution is -0.120. The molecule has 4 nitrogen and oxygen atoms in total. The van der Waals surface area contributed by atoms with Crippen LogP contribution >= 0.6 is 34.4 Å². The van der Waals surface area contributed by atoms with Gasteiger partial charge in [0.05, 0.1) is 22.0 Å². The summed E-state index contributed by atoms with van der Waals surface area (Å²) in [6.07, 6.45) is 1.55. The quantitative estimate of drug-likeness (QED) is 0.572. The first-order valence-corrected chi connectivity index (χ1v) is 9.03. The predicted molar refractivity (Wildman–Crippen MR) is 88.9 cm³/mol.